The maximum Gasteiger partial charge on any atom is 0.300 e. The van der Waals surface area contributed by atoms with Gasteiger partial charge in [-0.1, -0.05) is 29.8 Å². The maximum absolute atomic E-state index is 13.2. The molecule has 2 saturated heterocycles. The second kappa shape index (κ2) is 9.25. The Morgan fingerprint density at radius 2 is 1.68 bits per heavy atom. The van der Waals surface area contributed by atoms with Crippen LogP contribution in [0.25, 0.3) is 5.76 Å². The first kappa shape index (κ1) is 22.7. The summed E-state index contributed by atoms with van der Waals surface area (Å²) in [5.41, 5.74) is 2.17. The number of ketones is 1. The van der Waals surface area contributed by atoms with Crippen molar-refractivity contribution in [3.05, 3.63) is 87.1 Å². The molecule has 0 aliphatic carbocycles. The summed E-state index contributed by atoms with van der Waals surface area (Å²) in [5.74, 6) is -1.59. The van der Waals surface area contributed by atoms with E-state index in [0.29, 0.717) is 16.3 Å². The third kappa shape index (κ3) is 4.11. The smallest absolute Gasteiger partial charge is 0.300 e. The molecule has 2 aliphatic heterocycles. The molecule has 174 valence electrons. The van der Waals surface area contributed by atoms with E-state index < -0.39 is 17.7 Å². The van der Waals surface area contributed by atoms with E-state index in [4.69, 9.17) is 11.6 Å². The van der Waals surface area contributed by atoms with Crippen LogP contribution in [0, 0.1) is 0 Å². The number of Topliss-reactive ketones (excluding diaryl/α,β-unsaturated/α-hetero) is 1. The molecule has 0 radical (unpaired) electrons. The monoisotopic (exact) mass is 493 g/mol. The summed E-state index contributed by atoms with van der Waals surface area (Å²) in [5, 5.41) is 13.4. The Hall–Kier alpha value is -3.13. The van der Waals surface area contributed by atoms with E-state index in [-0.39, 0.29) is 11.3 Å². The van der Waals surface area contributed by atoms with Crippen LogP contribution in [0.2, 0.25) is 5.02 Å². The molecule has 0 bridgehead atoms. The molecule has 0 spiro atoms. The first-order chi connectivity index (χ1) is 16.4. The number of hydrogen-bond donors (Lipinski definition) is 1. The minimum absolute atomic E-state index is 0.0675. The van der Waals surface area contributed by atoms with Gasteiger partial charge < -0.3 is 14.9 Å². The summed E-state index contributed by atoms with van der Waals surface area (Å²) in [6.07, 6.45) is 0. The van der Waals surface area contributed by atoms with Gasteiger partial charge in [-0.3, -0.25) is 14.5 Å². The fourth-order valence-corrected chi connectivity index (χ4v) is 5.51. The topological polar surface area (TPSA) is 64.1 Å². The van der Waals surface area contributed by atoms with E-state index in [1.165, 1.54) is 16.2 Å². The summed E-state index contributed by atoms with van der Waals surface area (Å²) in [6.45, 7) is 3.88. The standard InChI is InChI=1S/C26H24ClN3O3S/c1-28-11-13-29(14-12-28)19-7-9-20(10-8-19)30-23(21-6-3-15-34-21)22(25(32)26(30)33)24(31)17-4-2-5-18(27)16-17/h2-10,15-16,23,31H,11-14H2,1H3/b24-22-. The van der Waals surface area contributed by atoms with Gasteiger partial charge in [0.1, 0.15) is 11.8 Å². The number of benzene rings is 2. The van der Waals surface area contributed by atoms with Crippen LogP contribution in [-0.2, 0) is 9.59 Å². The molecular weight excluding hydrogens is 470 g/mol. The number of halogens is 1. The molecule has 6 nitrogen and oxygen atoms in total. The Morgan fingerprint density at radius 1 is 0.971 bits per heavy atom. The Labute approximate surface area is 207 Å². The normalized spacial score (nSPS) is 20.8. The number of aliphatic hydroxyl groups is 1. The first-order valence-corrected chi connectivity index (χ1v) is 12.3. The number of hydrogen-bond acceptors (Lipinski definition) is 6. The third-order valence-electron chi connectivity index (χ3n) is 6.35. The lowest BCUT2D eigenvalue weighted by atomic mass is 9.99. The zero-order chi connectivity index (χ0) is 23.8. The van der Waals surface area contributed by atoms with E-state index in [1.807, 2.05) is 41.8 Å². The number of amides is 1. The number of carbonyl (C=O) groups excluding carboxylic acids is 2. The fourth-order valence-electron chi connectivity index (χ4n) is 4.49. The Balaban J connectivity index is 1.55. The largest absolute Gasteiger partial charge is 0.507 e. The molecule has 8 heteroatoms. The van der Waals surface area contributed by atoms with E-state index in [0.717, 1.165) is 36.7 Å². The first-order valence-electron chi connectivity index (χ1n) is 11.1. The highest BCUT2D eigenvalue weighted by Crippen LogP contribution is 2.44. The van der Waals surface area contributed by atoms with Crippen molar-refractivity contribution in [3.63, 3.8) is 0 Å². The zero-order valence-electron chi connectivity index (χ0n) is 18.6. The number of carbonyl (C=O) groups is 2. The Kier molecular flexibility index (Phi) is 6.16. The average molecular weight is 494 g/mol. The van der Waals surface area contributed by atoms with Crippen LogP contribution in [0.15, 0.2) is 71.6 Å². The SMILES string of the molecule is CN1CCN(c2ccc(N3C(=O)C(=O)/C(=C(\O)c4cccc(Cl)c4)C3c3cccs3)cc2)CC1. The second-order valence-corrected chi connectivity index (χ2v) is 9.92. The van der Waals surface area contributed by atoms with Gasteiger partial charge in [-0.05, 0) is 54.9 Å². The predicted octanol–water partition coefficient (Wildman–Crippen LogP) is 4.78. The lowest BCUT2D eigenvalue weighted by molar-refractivity contribution is -0.132. The second-order valence-electron chi connectivity index (χ2n) is 8.50. The summed E-state index contributed by atoms with van der Waals surface area (Å²) < 4.78 is 0. The minimum Gasteiger partial charge on any atom is -0.507 e. The van der Waals surface area contributed by atoms with E-state index >= 15 is 0 Å². The van der Waals surface area contributed by atoms with Gasteiger partial charge in [0, 0.05) is 53.0 Å². The van der Waals surface area contributed by atoms with Crippen molar-refractivity contribution in [3.8, 4) is 0 Å². The van der Waals surface area contributed by atoms with Crippen LogP contribution in [0.1, 0.15) is 16.5 Å². The molecule has 0 saturated carbocycles. The van der Waals surface area contributed by atoms with Crippen LogP contribution >= 0.6 is 22.9 Å². The summed E-state index contributed by atoms with van der Waals surface area (Å²) >= 11 is 7.55. The molecule has 2 aromatic carbocycles. The van der Waals surface area contributed by atoms with Crippen molar-refractivity contribution in [1.82, 2.24) is 4.90 Å². The Morgan fingerprint density at radius 3 is 2.32 bits per heavy atom. The van der Waals surface area contributed by atoms with E-state index in [9.17, 15) is 14.7 Å². The van der Waals surface area contributed by atoms with Crippen molar-refractivity contribution in [2.75, 3.05) is 43.0 Å². The lowest BCUT2D eigenvalue weighted by Crippen LogP contribution is -2.44. The molecular formula is C26H24ClN3O3S. The molecule has 3 heterocycles. The third-order valence-corrected chi connectivity index (χ3v) is 7.51. The molecule has 1 amide bonds. The number of aliphatic hydroxyl groups excluding tert-OH is 1. The van der Waals surface area contributed by atoms with Crippen molar-refractivity contribution < 1.29 is 14.7 Å². The van der Waals surface area contributed by atoms with Crippen LogP contribution in [0.3, 0.4) is 0 Å². The number of anilines is 2. The van der Waals surface area contributed by atoms with Gasteiger partial charge in [0.15, 0.2) is 0 Å². The molecule has 1 atom stereocenters. The fraction of sp³-hybridized carbons (Fsp3) is 0.231. The summed E-state index contributed by atoms with van der Waals surface area (Å²) in [6, 6.07) is 17.4. The predicted molar refractivity (Wildman–Crippen MR) is 137 cm³/mol. The van der Waals surface area contributed by atoms with Gasteiger partial charge in [0.25, 0.3) is 11.7 Å². The maximum atomic E-state index is 13.2. The number of rotatable bonds is 4. The molecule has 2 aliphatic rings. The molecule has 3 aromatic rings. The molecule has 1 N–H and O–H groups in total. The molecule has 5 rings (SSSR count). The highest BCUT2D eigenvalue weighted by atomic mass is 35.5. The van der Waals surface area contributed by atoms with Gasteiger partial charge in [-0.15, -0.1) is 11.3 Å². The lowest BCUT2D eigenvalue weighted by Gasteiger charge is -2.34. The number of thiophene rings is 1. The van der Waals surface area contributed by atoms with Crippen molar-refractivity contribution >= 4 is 51.8 Å². The van der Waals surface area contributed by atoms with E-state index in [2.05, 4.69) is 16.8 Å². The highest BCUT2D eigenvalue weighted by Gasteiger charge is 2.47. The highest BCUT2D eigenvalue weighted by molar-refractivity contribution is 7.10. The number of nitrogens with zero attached hydrogens (tertiary/aromatic N) is 3. The quantitative estimate of drug-likeness (QED) is 0.322. The van der Waals surface area contributed by atoms with Crippen molar-refractivity contribution in [1.29, 1.82) is 0 Å². The molecule has 34 heavy (non-hydrogen) atoms. The van der Waals surface area contributed by atoms with Gasteiger partial charge in [0.05, 0.1) is 5.57 Å². The van der Waals surface area contributed by atoms with Gasteiger partial charge in [-0.2, -0.15) is 0 Å². The molecule has 1 unspecified atom stereocenters. The zero-order valence-corrected chi connectivity index (χ0v) is 20.2. The van der Waals surface area contributed by atoms with Crippen LogP contribution < -0.4 is 9.80 Å². The molecule has 1 aromatic heterocycles. The van der Waals surface area contributed by atoms with E-state index in [1.54, 1.807) is 24.3 Å². The van der Waals surface area contributed by atoms with Crippen LogP contribution in [0.5, 0.6) is 0 Å². The number of likely N-dealkylation sites (N-methyl/N-ethyl adjacent to an activating group) is 1. The van der Waals surface area contributed by atoms with Crippen LogP contribution in [-0.4, -0.2) is 54.9 Å². The minimum atomic E-state index is -0.714. The number of piperazine rings is 1. The average Bonchev–Trinajstić information content (AvgIpc) is 3.46. The van der Waals surface area contributed by atoms with Crippen molar-refractivity contribution in [2.24, 2.45) is 0 Å². The summed E-state index contributed by atoms with van der Waals surface area (Å²) in [4.78, 5) is 33.3. The van der Waals surface area contributed by atoms with Gasteiger partial charge >= 0.3 is 0 Å². The Bertz CT molecular complexity index is 1250. The molecule has 2 fully saturated rings. The van der Waals surface area contributed by atoms with Gasteiger partial charge in [0.2, 0.25) is 0 Å². The summed E-state index contributed by atoms with van der Waals surface area (Å²) in [7, 11) is 2.12. The van der Waals surface area contributed by atoms with Gasteiger partial charge in [-0.25, -0.2) is 0 Å². The van der Waals surface area contributed by atoms with Crippen LogP contribution in [0.4, 0.5) is 11.4 Å². The van der Waals surface area contributed by atoms with Crippen molar-refractivity contribution in [2.45, 2.75) is 6.04 Å².